The topological polar surface area (TPSA) is 48.7 Å². The largest absolute Gasteiger partial charge is 0.372 e. The average Bonchev–Trinajstić information content (AvgIpc) is 2.03. The molecule has 1 heterocycles. The maximum atomic E-state index is 8.20. The van der Waals surface area contributed by atoms with Crippen LogP contribution in [0.2, 0.25) is 0 Å². The molecule has 0 aliphatic carbocycles. The lowest BCUT2D eigenvalue weighted by molar-refractivity contribution is 1.28. The van der Waals surface area contributed by atoms with Crippen molar-refractivity contribution in [2.45, 2.75) is 0 Å². The number of pyridine rings is 1. The summed E-state index contributed by atoms with van der Waals surface area (Å²) in [6.45, 7) is 0.337. The molecule has 0 spiro atoms. The van der Waals surface area contributed by atoms with Gasteiger partial charge in [-0.2, -0.15) is 5.26 Å². The number of halogens is 1. The molecule has 3 nitrogen and oxygen atoms in total. The molecular formula is C7H8ClN3. The van der Waals surface area contributed by atoms with Gasteiger partial charge in [-0.15, -0.1) is 12.4 Å². The van der Waals surface area contributed by atoms with Gasteiger partial charge in [0, 0.05) is 18.1 Å². The maximum absolute atomic E-state index is 8.20. The van der Waals surface area contributed by atoms with Gasteiger partial charge in [0.25, 0.3) is 0 Å². The van der Waals surface area contributed by atoms with E-state index in [1.807, 2.05) is 18.2 Å². The van der Waals surface area contributed by atoms with Crippen LogP contribution in [0.15, 0.2) is 24.5 Å². The fourth-order valence-electron chi connectivity index (χ4n) is 0.611. The van der Waals surface area contributed by atoms with Crippen molar-refractivity contribution in [3.05, 3.63) is 24.5 Å². The second-order valence-electron chi connectivity index (χ2n) is 1.75. The molecule has 0 fully saturated rings. The molecule has 0 aromatic carbocycles. The lowest BCUT2D eigenvalue weighted by atomic mass is 10.4. The number of hydrogen-bond donors (Lipinski definition) is 1. The van der Waals surface area contributed by atoms with Gasteiger partial charge in [0.05, 0.1) is 6.07 Å². The minimum absolute atomic E-state index is 0. The van der Waals surface area contributed by atoms with Crippen LogP contribution in [0.3, 0.4) is 0 Å². The van der Waals surface area contributed by atoms with Crippen LogP contribution >= 0.6 is 12.4 Å². The molecular weight excluding hydrogens is 162 g/mol. The van der Waals surface area contributed by atoms with E-state index in [1.165, 1.54) is 0 Å². The van der Waals surface area contributed by atoms with Crippen LogP contribution in [-0.2, 0) is 0 Å². The molecule has 0 saturated heterocycles. The van der Waals surface area contributed by atoms with Crippen molar-refractivity contribution in [1.82, 2.24) is 4.98 Å². The number of rotatable bonds is 2. The summed E-state index contributed by atoms with van der Waals surface area (Å²) in [5.41, 5.74) is 0.927. The summed E-state index contributed by atoms with van der Waals surface area (Å²) in [5, 5.41) is 11.1. The number of anilines is 1. The molecule has 0 atom stereocenters. The molecule has 0 aliphatic rings. The van der Waals surface area contributed by atoms with Crippen LogP contribution in [0.5, 0.6) is 0 Å². The highest BCUT2D eigenvalue weighted by Gasteiger charge is 1.84. The van der Waals surface area contributed by atoms with E-state index in [1.54, 1.807) is 12.4 Å². The molecule has 0 amide bonds. The van der Waals surface area contributed by atoms with E-state index in [9.17, 15) is 0 Å². The normalized spacial score (nSPS) is 7.55. The third kappa shape index (κ3) is 3.43. The summed E-state index contributed by atoms with van der Waals surface area (Å²) in [4.78, 5) is 3.83. The van der Waals surface area contributed by atoms with Gasteiger partial charge >= 0.3 is 0 Å². The minimum atomic E-state index is 0. The number of aromatic nitrogens is 1. The Morgan fingerprint density at radius 2 is 2.09 bits per heavy atom. The molecule has 0 unspecified atom stereocenters. The highest BCUT2D eigenvalue weighted by molar-refractivity contribution is 5.85. The number of nitrogens with zero attached hydrogens (tertiary/aromatic N) is 2. The van der Waals surface area contributed by atoms with Crippen molar-refractivity contribution in [3.63, 3.8) is 0 Å². The summed E-state index contributed by atoms with van der Waals surface area (Å²) >= 11 is 0. The van der Waals surface area contributed by atoms with E-state index in [0.717, 1.165) is 5.69 Å². The van der Waals surface area contributed by atoms with Crippen molar-refractivity contribution in [2.24, 2.45) is 0 Å². The molecule has 4 heteroatoms. The first-order valence-electron chi connectivity index (χ1n) is 2.94. The fraction of sp³-hybridized carbons (Fsp3) is 0.143. The van der Waals surface area contributed by atoms with E-state index < -0.39 is 0 Å². The van der Waals surface area contributed by atoms with E-state index >= 15 is 0 Å². The fourth-order valence-corrected chi connectivity index (χ4v) is 0.611. The first kappa shape index (κ1) is 9.73. The highest BCUT2D eigenvalue weighted by atomic mass is 35.5. The molecule has 11 heavy (non-hydrogen) atoms. The van der Waals surface area contributed by atoms with Crippen LogP contribution in [-0.4, -0.2) is 11.5 Å². The molecule has 1 rings (SSSR count). The minimum Gasteiger partial charge on any atom is -0.372 e. The predicted octanol–water partition coefficient (Wildman–Crippen LogP) is 1.44. The Morgan fingerprint density at radius 1 is 1.45 bits per heavy atom. The van der Waals surface area contributed by atoms with E-state index in [-0.39, 0.29) is 12.4 Å². The molecule has 0 aliphatic heterocycles. The third-order valence-corrected chi connectivity index (χ3v) is 1.05. The van der Waals surface area contributed by atoms with Gasteiger partial charge in [0.2, 0.25) is 0 Å². The molecule has 0 saturated carbocycles. The Balaban J connectivity index is 0.000001000. The van der Waals surface area contributed by atoms with Gasteiger partial charge in [-0.1, -0.05) is 0 Å². The van der Waals surface area contributed by atoms with Crippen LogP contribution in [0.25, 0.3) is 0 Å². The summed E-state index contributed by atoms with van der Waals surface area (Å²) in [5.74, 6) is 0. The van der Waals surface area contributed by atoms with Gasteiger partial charge in [-0.25, -0.2) is 0 Å². The van der Waals surface area contributed by atoms with Crippen molar-refractivity contribution < 1.29 is 0 Å². The molecule has 0 bridgehead atoms. The van der Waals surface area contributed by atoms with Gasteiger partial charge in [0.15, 0.2) is 0 Å². The number of hydrogen-bond acceptors (Lipinski definition) is 3. The summed E-state index contributed by atoms with van der Waals surface area (Å²) in [6, 6.07) is 5.62. The maximum Gasteiger partial charge on any atom is 0.103 e. The summed E-state index contributed by atoms with van der Waals surface area (Å²) in [6.07, 6.45) is 3.36. The Kier molecular flexibility index (Phi) is 4.87. The Bertz CT molecular complexity index is 229. The first-order valence-corrected chi connectivity index (χ1v) is 2.94. The van der Waals surface area contributed by atoms with Crippen LogP contribution < -0.4 is 5.32 Å². The standard InChI is InChI=1S/C7H7N3.ClH/c8-3-6-10-7-1-4-9-5-2-7;/h1-2,4-5H,6H2,(H,9,10);1H. The van der Waals surface area contributed by atoms with E-state index in [4.69, 9.17) is 5.26 Å². The second-order valence-corrected chi connectivity index (χ2v) is 1.75. The lowest BCUT2D eigenvalue weighted by Gasteiger charge is -1.97. The summed E-state index contributed by atoms with van der Waals surface area (Å²) in [7, 11) is 0. The lowest BCUT2D eigenvalue weighted by Crippen LogP contribution is -1.97. The van der Waals surface area contributed by atoms with Crippen molar-refractivity contribution >= 4 is 18.1 Å². The van der Waals surface area contributed by atoms with Crippen LogP contribution in [0.4, 0.5) is 5.69 Å². The average molecular weight is 170 g/mol. The van der Waals surface area contributed by atoms with Crippen LogP contribution in [0, 0.1) is 11.3 Å². The van der Waals surface area contributed by atoms with Gasteiger partial charge < -0.3 is 5.32 Å². The van der Waals surface area contributed by atoms with Crippen molar-refractivity contribution in [3.8, 4) is 6.07 Å². The number of nitriles is 1. The van der Waals surface area contributed by atoms with Gasteiger partial charge in [-0.3, -0.25) is 4.98 Å². The van der Waals surface area contributed by atoms with Crippen molar-refractivity contribution in [2.75, 3.05) is 11.9 Å². The molecule has 1 aromatic rings. The quantitative estimate of drug-likeness (QED) is 0.682. The molecule has 58 valence electrons. The van der Waals surface area contributed by atoms with Gasteiger partial charge in [-0.05, 0) is 12.1 Å². The van der Waals surface area contributed by atoms with Gasteiger partial charge in [0.1, 0.15) is 6.54 Å². The Morgan fingerprint density at radius 3 is 2.64 bits per heavy atom. The zero-order valence-electron chi connectivity index (χ0n) is 5.82. The highest BCUT2D eigenvalue weighted by Crippen LogP contribution is 2.00. The van der Waals surface area contributed by atoms with Crippen LogP contribution in [0.1, 0.15) is 0 Å². The first-order chi connectivity index (χ1) is 4.93. The smallest absolute Gasteiger partial charge is 0.103 e. The zero-order chi connectivity index (χ0) is 7.23. The van der Waals surface area contributed by atoms with E-state index in [2.05, 4.69) is 10.3 Å². The molecule has 1 N–H and O–H groups in total. The zero-order valence-corrected chi connectivity index (χ0v) is 6.64. The molecule has 0 radical (unpaired) electrons. The third-order valence-electron chi connectivity index (χ3n) is 1.05. The number of nitrogens with one attached hydrogen (secondary N) is 1. The monoisotopic (exact) mass is 169 g/mol. The predicted molar refractivity (Wildman–Crippen MR) is 45.6 cm³/mol. The van der Waals surface area contributed by atoms with E-state index in [0.29, 0.717) is 6.54 Å². The second kappa shape index (κ2) is 5.51. The molecule has 1 aromatic heterocycles. The summed E-state index contributed by atoms with van der Waals surface area (Å²) < 4.78 is 0. The van der Waals surface area contributed by atoms with Crippen molar-refractivity contribution in [1.29, 1.82) is 5.26 Å². The SMILES string of the molecule is Cl.N#CCNc1ccncc1. The Hall–Kier alpha value is -1.27. The Labute approximate surface area is 71.5 Å².